The average molecular weight is 161 g/mol. The van der Waals surface area contributed by atoms with Crippen LogP contribution in [-0.4, -0.2) is 22.9 Å². The molecule has 0 rings (SSSR count). The summed E-state index contributed by atoms with van der Waals surface area (Å²) < 4.78 is 0. The molecule has 0 aliphatic carbocycles. The van der Waals surface area contributed by atoms with Crippen LogP contribution >= 0.6 is 12.6 Å². The summed E-state index contributed by atoms with van der Waals surface area (Å²) in [5.41, 5.74) is 0. The Kier molecular flexibility index (Phi) is 4.84. The summed E-state index contributed by atoms with van der Waals surface area (Å²) in [6, 6.07) is -0.584. The third-order valence-corrected chi connectivity index (χ3v) is 1.31. The molecule has 0 radical (unpaired) electrons. The lowest BCUT2D eigenvalue weighted by molar-refractivity contribution is -0.138. The van der Waals surface area contributed by atoms with Gasteiger partial charge in [0.2, 0.25) is 0 Å². The van der Waals surface area contributed by atoms with Crippen molar-refractivity contribution in [2.75, 3.05) is 5.75 Å². The third-order valence-electron chi connectivity index (χ3n) is 0.945. The highest BCUT2D eigenvalue weighted by atomic mass is 32.1. The Bertz CT molecular complexity index is 136. The van der Waals surface area contributed by atoms with Gasteiger partial charge >= 0.3 is 5.97 Å². The molecule has 0 heterocycles. The summed E-state index contributed by atoms with van der Waals surface area (Å²) in [6.45, 7) is 1.81. The first-order valence-corrected chi connectivity index (χ1v) is 3.56. The maximum Gasteiger partial charge on any atom is 0.326 e. The minimum atomic E-state index is -0.881. The third kappa shape index (κ3) is 3.40. The van der Waals surface area contributed by atoms with Crippen molar-refractivity contribution in [1.29, 1.82) is 0 Å². The standard InChI is InChI=1S/C6H11NO2S/c1-2-3-7-5(4-10)6(8)9/h2-3,5,7,10H,4H2,1H3,(H,8,9). The summed E-state index contributed by atoms with van der Waals surface area (Å²) in [4.78, 5) is 10.3. The quantitative estimate of drug-likeness (QED) is 0.526. The fourth-order valence-electron chi connectivity index (χ4n) is 0.414. The lowest BCUT2D eigenvalue weighted by Crippen LogP contribution is -2.34. The van der Waals surface area contributed by atoms with E-state index in [0.717, 1.165) is 0 Å². The van der Waals surface area contributed by atoms with Crippen LogP contribution in [0.1, 0.15) is 6.92 Å². The molecule has 1 unspecified atom stereocenters. The largest absolute Gasteiger partial charge is 0.480 e. The van der Waals surface area contributed by atoms with Crippen molar-refractivity contribution >= 4 is 18.6 Å². The van der Waals surface area contributed by atoms with Crippen molar-refractivity contribution in [3.8, 4) is 0 Å². The number of hydrogen-bond acceptors (Lipinski definition) is 3. The van der Waals surface area contributed by atoms with E-state index in [-0.39, 0.29) is 0 Å². The van der Waals surface area contributed by atoms with Gasteiger partial charge < -0.3 is 10.4 Å². The topological polar surface area (TPSA) is 49.3 Å². The van der Waals surface area contributed by atoms with Crippen LogP contribution in [0.25, 0.3) is 0 Å². The van der Waals surface area contributed by atoms with Gasteiger partial charge in [-0.2, -0.15) is 12.6 Å². The SMILES string of the molecule is CC=CNC(CS)C(=O)O. The number of thiol groups is 1. The van der Waals surface area contributed by atoms with Crippen molar-refractivity contribution in [1.82, 2.24) is 5.32 Å². The van der Waals surface area contributed by atoms with Gasteiger partial charge in [0.25, 0.3) is 0 Å². The van der Waals surface area contributed by atoms with E-state index in [1.807, 2.05) is 6.92 Å². The minimum Gasteiger partial charge on any atom is -0.480 e. The van der Waals surface area contributed by atoms with E-state index in [0.29, 0.717) is 5.75 Å². The van der Waals surface area contributed by atoms with E-state index in [1.165, 1.54) is 0 Å². The van der Waals surface area contributed by atoms with Crippen LogP contribution in [-0.2, 0) is 4.79 Å². The zero-order valence-electron chi connectivity index (χ0n) is 5.74. The summed E-state index contributed by atoms with van der Waals surface area (Å²) in [7, 11) is 0. The van der Waals surface area contributed by atoms with Gasteiger partial charge in [-0.1, -0.05) is 6.08 Å². The van der Waals surface area contributed by atoms with Gasteiger partial charge in [0.15, 0.2) is 0 Å². The summed E-state index contributed by atoms with van der Waals surface area (Å²) in [6.07, 6.45) is 3.33. The first-order valence-electron chi connectivity index (χ1n) is 2.93. The molecule has 0 saturated heterocycles. The molecule has 2 N–H and O–H groups in total. The van der Waals surface area contributed by atoms with Crippen molar-refractivity contribution < 1.29 is 9.90 Å². The highest BCUT2D eigenvalue weighted by molar-refractivity contribution is 7.80. The molecule has 0 amide bonds. The predicted molar refractivity (Wildman–Crippen MR) is 43.2 cm³/mol. The van der Waals surface area contributed by atoms with E-state index >= 15 is 0 Å². The normalized spacial score (nSPS) is 13.4. The van der Waals surface area contributed by atoms with E-state index in [2.05, 4.69) is 17.9 Å². The second-order valence-electron chi connectivity index (χ2n) is 1.74. The lowest BCUT2D eigenvalue weighted by atomic mass is 10.3. The number of hydrogen-bond donors (Lipinski definition) is 3. The molecule has 0 aliphatic rings. The number of carbonyl (C=O) groups is 1. The van der Waals surface area contributed by atoms with Crippen LogP contribution in [0.3, 0.4) is 0 Å². The molecule has 0 fully saturated rings. The van der Waals surface area contributed by atoms with Crippen LogP contribution in [0.2, 0.25) is 0 Å². The maximum absolute atomic E-state index is 10.3. The molecule has 1 atom stereocenters. The van der Waals surface area contributed by atoms with Crippen LogP contribution in [0.4, 0.5) is 0 Å². The number of allylic oxidation sites excluding steroid dienone is 1. The summed E-state index contributed by atoms with van der Waals surface area (Å²) in [5, 5.41) is 11.1. The molecule has 4 heteroatoms. The molecular formula is C6H11NO2S. The molecular weight excluding hydrogens is 150 g/mol. The lowest BCUT2D eigenvalue weighted by Gasteiger charge is -2.07. The zero-order chi connectivity index (χ0) is 7.98. The number of carboxylic acid groups (broad SMARTS) is 1. The molecule has 0 bridgehead atoms. The summed E-state index contributed by atoms with van der Waals surface area (Å²) >= 11 is 3.85. The fraction of sp³-hybridized carbons (Fsp3) is 0.500. The number of aliphatic carboxylic acids is 1. The Balaban J connectivity index is 3.71. The maximum atomic E-state index is 10.3. The molecule has 0 spiro atoms. The molecule has 0 saturated carbocycles. The summed E-state index contributed by atoms with van der Waals surface area (Å²) in [5.74, 6) is -0.590. The van der Waals surface area contributed by atoms with Gasteiger partial charge in [-0.25, -0.2) is 4.79 Å². The van der Waals surface area contributed by atoms with E-state index in [1.54, 1.807) is 12.3 Å². The van der Waals surface area contributed by atoms with E-state index in [4.69, 9.17) is 5.11 Å². The van der Waals surface area contributed by atoms with E-state index in [9.17, 15) is 4.79 Å². The Morgan fingerprint density at radius 1 is 1.90 bits per heavy atom. The van der Waals surface area contributed by atoms with Crippen LogP contribution in [0.5, 0.6) is 0 Å². The van der Waals surface area contributed by atoms with Crippen LogP contribution in [0, 0.1) is 0 Å². The molecule has 10 heavy (non-hydrogen) atoms. The Morgan fingerprint density at radius 3 is 2.80 bits per heavy atom. The van der Waals surface area contributed by atoms with Crippen molar-refractivity contribution in [2.24, 2.45) is 0 Å². The van der Waals surface area contributed by atoms with Gasteiger partial charge in [0, 0.05) is 5.75 Å². The zero-order valence-corrected chi connectivity index (χ0v) is 6.64. The monoisotopic (exact) mass is 161 g/mol. The van der Waals surface area contributed by atoms with Crippen molar-refractivity contribution in [3.63, 3.8) is 0 Å². The van der Waals surface area contributed by atoms with Gasteiger partial charge in [0.1, 0.15) is 6.04 Å². The van der Waals surface area contributed by atoms with Gasteiger partial charge in [-0.3, -0.25) is 0 Å². The first kappa shape index (κ1) is 9.36. The Labute approximate surface area is 65.5 Å². The van der Waals surface area contributed by atoms with Crippen molar-refractivity contribution in [3.05, 3.63) is 12.3 Å². The van der Waals surface area contributed by atoms with E-state index < -0.39 is 12.0 Å². The molecule has 0 aromatic heterocycles. The molecule has 0 aromatic carbocycles. The minimum absolute atomic E-state index is 0.291. The molecule has 0 aliphatic heterocycles. The molecule has 58 valence electrons. The second-order valence-corrected chi connectivity index (χ2v) is 2.11. The van der Waals surface area contributed by atoms with Crippen LogP contribution in [0.15, 0.2) is 12.3 Å². The predicted octanol–water partition coefficient (Wildman–Crippen LogP) is 0.493. The molecule has 0 aromatic rings. The Morgan fingerprint density at radius 2 is 2.50 bits per heavy atom. The van der Waals surface area contributed by atoms with Crippen molar-refractivity contribution in [2.45, 2.75) is 13.0 Å². The molecule has 3 nitrogen and oxygen atoms in total. The highest BCUT2D eigenvalue weighted by Gasteiger charge is 2.11. The number of carboxylic acids is 1. The Hall–Kier alpha value is -0.640. The van der Waals surface area contributed by atoms with Gasteiger partial charge in [-0.15, -0.1) is 0 Å². The first-order chi connectivity index (χ1) is 4.72. The second kappa shape index (κ2) is 5.17. The number of rotatable bonds is 4. The fourth-order valence-corrected chi connectivity index (χ4v) is 0.676. The van der Waals surface area contributed by atoms with Gasteiger partial charge in [0.05, 0.1) is 0 Å². The van der Waals surface area contributed by atoms with Crippen LogP contribution < -0.4 is 5.32 Å². The van der Waals surface area contributed by atoms with Gasteiger partial charge in [-0.05, 0) is 13.1 Å². The number of nitrogens with one attached hydrogen (secondary N) is 1. The smallest absolute Gasteiger partial charge is 0.326 e. The highest BCUT2D eigenvalue weighted by Crippen LogP contribution is 1.87. The average Bonchev–Trinajstić information content (AvgIpc) is 1.89.